The van der Waals surface area contributed by atoms with Gasteiger partial charge in [0, 0.05) is 7.05 Å². The summed E-state index contributed by atoms with van der Waals surface area (Å²) in [5.41, 5.74) is 9.21. The zero-order valence-corrected chi connectivity index (χ0v) is 9.11. The lowest BCUT2D eigenvalue weighted by atomic mass is 10.1. The number of hydrogen-bond donors (Lipinski definition) is 3. The van der Waals surface area contributed by atoms with E-state index < -0.39 is 45.2 Å². The van der Waals surface area contributed by atoms with E-state index in [0.717, 1.165) is 0 Å². The topological polar surface area (TPSA) is 87.9 Å². The molecule has 4 nitrogen and oxygen atoms in total. The molecule has 0 fully saturated rings. The number of hydrogen-bond acceptors (Lipinski definition) is 4. The Morgan fingerprint density at radius 2 is 1.39 bits per heavy atom. The standard InChI is InChI=1S/C10H8F4N4/c1-18-3(2-15)4-6(11)8(13)5(10(16)17)9(14)7(4)12/h18H,16-17H2,1H3. The van der Waals surface area contributed by atoms with Crippen LogP contribution in [-0.2, 0) is 0 Å². The molecule has 0 aliphatic carbocycles. The summed E-state index contributed by atoms with van der Waals surface area (Å²) >= 11 is 0. The molecule has 0 heterocycles. The summed E-state index contributed by atoms with van der Waals surface area (Å²) in [5, 5.41) is 8.40. The molecule has 5 N–H and O–H groups in total. The zero-order valence-electron chi connectivity index (χ0n) is 9.11. The number of nitrogens with two attached hydrogens (primary N) is 2. The third-order valence-electron chi connectivity index (χ3n) is 2.16. The lowest BCUT2D eigenvalue weighted by molar-refractivity contribution is 0.433. The maximum atomic E-state index is 13.6. The summed E-state index contributed by atoms with van der Waals surface area (Å²) in [7, 11) is 1.17. The van der Waals surface area contributed by atoms with Crippen molar-refractivity contribution in [1.82, 2.24) is 5.32 Å². The number of nitrogens with one attached hydrogen (secondary N) is 1. The molecule has 0 atom stereocenters. The van der Waals surface area contributed by atoms with Crippen LogP contribution in [0.4, 0.5) is 17.6 Å². The molecule has 1 aromatic carbocycles. The van der Waals surface area contributed by atoms with E-state index in [1.165, 1.54) is 13.1 Å². The molecule has 0 aromatic heterocycles. The van der Waals surface area contributed by atoms with Crippen molar-refractivity contribution in [3.63, 3.8) is 0 Å². The molecule has 8 heteroatoms. The maximum Gasteiger partial charge on any atom is 0.173 e. The fraction of sp³-hybridized carbons (Fsp3) is 0.100. The Morgan fingerprint density at radius 3 is 1.67 bits per heavy atom. The molecule has 96 valence electrons. The second kappa shape index (κ2) is 4.83. The first-order valence-corrected chi connectivity index (χ1v) is 4.56. The van der Waals surface area contributed by atoms with E-state index in [4.69, 9.17) is 16.7 Å². The largest absolute Gasteiger partial charge is 0.385 e. The summed E-state index contributed by atoms with van der Waals surface area (Å²) in [5.74, 6) is -7.91. The quantitative estimate of drug-likeness (QED) is 0.450. The molecule has 0 saturated carbocycles. The summed E-state index contributed by atoms with van der Waals surface area (Å²) in [6, 6.07) is 1.38. The van der Waals surface area contributed by atoms with Gasteiger partial charge in [0.25, 0.3) is 0 Å². The summed E-state index contributed by atoms with van der Waals surface area (Å²) in [4.78, 5) is 0. The average molecular weight is 260 g/mol. The lowest BCUT2D eigenvalue weighted by Crippen LogP contribution is -2.36. The SMILES string of the molecule is CNC(C#N)=c1c(F)c(F)c(=C(N)N)c(F)c1F. The van der Waals surface area contributed by atoms with Gasteiger partial charge in [-0.15, -0.1) is 0 Å². The zero-order chi connectivity index (χ0) is 14.0. The predicted octanol–water partition coefficient (Wildman–Crippen LogP) is -0.923. The van der Waals surface area contributed by atoms with E-state index in [-0.39, 0.29) is 0 Å². The lowest BCUT2D eigenvalue weighted by Gasteiger charge is -2.04. The number of benzene rings is 1. The van der Waals surface area contributed by atoms with Crippen LogP contribution >= 0.6 is 0 Å². The Morgan fingerprint density at radius 1 is 1.00 bits per heavy atom. The minimum atomic E-state index is -1.76. The summed E-state index contributed by atoms with van der Waals surface area (Å²) in [6.45, 7) is 0. The van der Waals surface area contributed by atoms with Crippen molar-refractivity contribution in [2.24, 2.45) is 11.5 Å². The van der Waals surface area contributed by atoms with E-state index in [9.17, 15) is 17.6 Å². The normalized spacial score (nSPS) is 9.78. The van der Waals surface area contributed by atoms with Crippen LogP contribution in [0.15, 0.2) is 0 Å². The number of nitrogens with zero attached hydrogens (tertiary/aromatic N) is 1. The Hall–Kier alpha value is -2.43. The molecule has 18 heavy (non-hydrogen) atoms. The van der Waals surface area contributed by atoms with Crippen LogP contribution in [0, 0.1) is 34.6 Å². The molecule has 1 rings (SSSR count). The molecule has 0 aliphatic heterocycles. The molecular formula is C10H8F4N4. The first-order valence-electron chi connectivity index (χ1n) is 4.56. The molecule has 0 spiro atoms. The predicted molar refractivity (Wildman–Crippen MR) is 55.4 cm³/mol. The molecule has 0 bridgehead atoms. The molecule has 0 saturated heterocycles. The average Bonchev–Trinajstić information content (AvgIpc) is 2.32. The van der Waals surface area contributed by atoms with Crippen molar-refractivity contribution in [1.29, 1.82) is 5.26 Å². The van der Waals surface area contributed by atoms with Crippen LogP contribution in [0.2, 0.25) is 0 Å². The smallest absolute Gasteiger partial charge is 0.173 e. The van der Waals surface area contributed by atoms with Gasteiger partial charge in [0.15, 0.2) is 23.3 Å². The van der Waals surface area contributed by atoms with Gasteiger partial charge in [-0.25, -0.2) is 17.6 Å². The van der Waals surface area contributed by atoms with Gasteiger partial charge in [0.1, 0.15) is 17.6 Å². The maximum absolute atomic E-state index is 13.6. The van der Waals surface area contributed by atoms with Gasteiger partial charge in [-0.3, -0.25) is 0 Å². The Kier molecular flexibility index (Phi) is 3.66. The van der Waals surface area contributed by atoms with Crippen molar-refractivity contribution >= 4 is 11.5 Å². The van der Waals surface area contributed by atoms with Gasteiger partial charge in [-0.05, 0) is 0 Å². The number of nitriles is 1. The molecule has 0 aliphatic rings. The van der Waals surface area contributed by atoms with Gasteiger partial charge in [0.2, 0.25) is 0 Å². The first-order chi connectivity index (χ1) is 8.36. The molecule has 0 unspecified atom stereocenters. The van der Waals surface area contributed by atoms with Crippen LogP contribution in [0.3, 0.4) is 0 Å². The second-order valence-electron chi connectivity index (χ2n) is 3.20. The second-order valence-corrected chi connectivity index (χ2v) is 3.20. The van der Waals surface area contributed by atoms with Gasteiger partial charge >= 0.3 is 0 Å². The first kappa shape index (κ1) is 13.6. The fourth-order valence-corrected chi connectivity index (χ4v) is 1.34. The Balaban J connectivity index is 4.15. The highest BCUT2D eigenvalue weighted by molar-refractivity contribution is 5.58. The molecule has 0 amide bonds. The van der Waals surface area contributed by atoms with Crippen LogP contribution in [0.5, 0.6) is 0 Å². The monoisotopic (exact) mass is 260 g/mol. The van der Waals surface area contributed by atoms with Crippen LogP contribution in [0.25, 0.3) is 11.5 Å². The summed E-state index contributed by atoms with van der Waals surface area (Å²) in [6.07, 6.45) is 0. The van der Waals surface area contributed by atoms with Crippen molar-refractivity contribution in [2.45, 2.75) is 0 Å². The van der Waals surface area contributed by atoms with Crippen LogP contribution in [0.1, 0.15) is 0 Å². The Bertz CT molecular complexity index is 621. The minimum Gasteiger partial charge on any atom is -0.385 e. The van der Waals surface area contributed by atoms with E-state index in [0.29, 0.717) is 0 Å². The van der Waals surface area contributed by atoms with E-state index >= 15 is 0 Å². The third-order valence-corrected chi connectivity index (χ3v) is 2.16. The number of rotatable bonds is 1. The fourth-order valence-electron chi connectivity index (χ4n) is 1.34. The van der Waals surface area contributed by atoms with Crippen molar-refractivity contribution in [3.05, 3.63) is 33.7 Å². The Labute approximate surface area is 98.8 Å². The molecule has 0 radical (unpaired) electrons. The van der Waals surface area contributed by atoms with E-state index in [1.807, 2.05) is 0 Å². The highest BCUT2D eigenvalue weighted by atomic mass is 19.2. The van der Waals surface area contributed by atoms with Gasteiger partial charge in [-0.2, -0.15) is 5.26 Å². The highest BCUT2D eigenvalue weighted by Crippen LogP contribution is 2.03. The van der Waals surface area contributed by atoms with Crippen LogP contribution < -0.4 is 27.2 Å². The van der Waals surface area contributed by atoms with Gasteiger partial charge < -0.3 is 16.8 Å². The molecular weight excluding hydrogens is 252 g/mol. The van der Waals surface area contributed by atoms with E-state index in [1.54, 1.807) is 0 Å². The van der Waals surface area contributed by atoms with E-state index in [2.05, 4.69) is 5.32 Å². The van der Waals surface area contributed by atoms with Crippen molar-refractivity contribution in [2.75, 3.05) is 7.05 Å². The van der Waals surface area contributed by atoms with Crippen molar-refractivity contribution in [3.8, 4) is 6.07 Å². The summed E-state index contributed by atoms with van der Waals surface area (Å²) < 4.78 is 54.1. The van der Waals surface area contributed by atoms with Gasteiger partial charge in [-0.1, -0.05) is 0 Å². The highest BCUT2D eigenvalue weighted by Gasteiger charge is 2.21. The molecule has 1 aromatic rings. The minimum absolute atomic E-state index is 0.662. The van der Waals surface area contributed by atoms with Gasteiger partial charge in [0.05, 0.1) is 10.4 Å². The van der Waals surface area contributed by atoms with Crippen molar-refractivity contribution < 1.29 is 17.6 Å². The third kappa shape index (κ3) is 1.90. The van der Waals surface area contributed by atoms with Crippen LogP contribution in [-0.4, -0.2) is 7.05 Å². The number of halogens is 4.